The van der Waals surface area contributed by atoms with Crippen LogP contribution in [0, 0.1) is 5.92 Å². The molecule has 0 aliphatic carbocycles. The summed E-state index contributed by atoms with van der Waals surface area (Å²) in [4.78, 5) is 2.29. The van der Waals surface area contributed by atoms with Crippen LogP contribution in [0.1, 0.15) is 26.7 Å². The van der Waals surface area contributed by atoms with Crippen LogP contribution in [0.3, 0.4) is 0 Å². The van der Waals surface area contributed by atoms with Crippen molar-refractivity contribution in [2.45, 2.75) is 32.7 Å². The van der Waals surface area contributed by atoms with Crippen molar-refractivity contribution in [3.8, 4) is 0 Å². The quantitative estimate of drug-likeness (QED) is 0.645. The Hall–Kier alpha value is -0.120. The molecule has 2 N–H and O–H groups in total. The fourth-order valence-corrected chi connectivity index (χ4v) is 1.29. The summed E-state index contributed by atoms with van der Waals surface area (Å²) in [6, 6.07) is 0.353. The van der Waals surface area contributed by atoms with E-state index >= 15 is 0 Å². The van der Waals surface area contributed by atoms with E-state index < -0.39 is 0 Å². The molecular weight excluding hydrogens is 176 g/mol. The molecule has 0 saturated heterocycles. The Labute approximate surface area is 88.6 Å². The van der Waals surface area contributed by atoms with Crippen molar-refractivity contribution in [2.75, 3.05) is 33.9 Å². The van der Waals surface area contributed by atoms with Gasteiger partial charge in [0.1, 0.15) is 0 Å². The smallest absolute Gasteiger partial charge is 0.0589 e. The van der Waals surface area contributed by atoms with Gasteiger partial charge in [-0.25, -0.2) is 0 Å². The highest BCUT2D eigenvalue weighted by molar-refractivity contribution is 4.65. The molecule has 0 heterocycles. The van der Waals surface area contributed by atoms with E-state index in [0.717, 1.165) is 26.1 Å². The molecule has 0 rings (SSSR count). The van der Waals surface area contributed by atoms with Gasteiger partial charge in [-0.05, 0) is 32.4 Å². The molecule has 0 aliphatic heterocycles. The van der Waals surface area contributed by atoms with Crippen LogP contribution in [0.25, 0.3) is 0 Å². The van der Waals surface area contributed by atoms with Gasteiger partial charge in [-0.15, -0.1) is 0 Å². The second-order valence-corrected chi connectivity index (χ2v) is 4.35. The monoisotopic (exact) mass is 202 g/mol. The number of nitrogens with two attached hydrogens (primary N) is 1. The summed E-state index contributed by atoms with van der Waals surface area (Å²) in [5.74, 6) is 0.597. The molecule has 3 nitrogen and oxygen atoms in total. The minimum Gasteiger partial charge on any atom is -0.383 e. The standard InChI is InChI=1S/C11H26N2O/c1-10(2)11(12)6-5-7-13(3)8-9-14-4/h10-11H,5-9,12H2,1-4H3. The van der Waals surface area contributed by atoms with Crippen LogP contribution < -0.4 is 5.73 Å². The van der Waals surface area contributed by atoms with E-state index in [1.165, 1.54) is 6.42 Å². The summed E-state index contributed by atoms with van der Waals surface area (Å²) in [5.41, 5.74) is 5.96. The van der Waals surface area contributed by atoms with Gasteiger partial charge in [-0.2, -0.15) is 0 Å². The Kier molecular flexibility index (Phi) is 8.14. The van der Waals surface area contributed by atoms with Gasteiger partial charge in [0.25, 0.3) is 0 Å². The topological polar surface area (TPSA) is 38.5 Å². The van der Waals surface area contributed by atoms with Crippen molar-refractivity contribution in [2.24, 2.45) is 11.7 Å². The van der Waals surface area contributed by atoms with Crippen LogP contribution in [0.5, 0.6) is 0 Å². The Balaban J connectivity index is 3.34. The second-order valence-electron chi connectivity index (χ2n) is 4.35. The number of nitrogens with zero attached hydrogens (tertiary/aromatic N) is 1. The van der Waals surface area contributed by atoms with Gasteiger partial charge in [-0.1, -0.05) is 13.8 Å². The molecule has 3 heteroatoms. The largest absolute Gasteiger partial charge is 0.383 e. The summed E-state index contributed by atoms with van der Waals surface area (Å²) >= 11 is 0. The molecule has 0 aromatic carbocycles. The van der Waals surface area contributed by atoms with Gasteiger partial charge < -0.3 is 15.4 Å². The lowest BCUT2D eigenvalue weighted by molar-refractivity contribution is 0.159. The molecule has 0 spiro atoms. The van der Waals surface area contributed by atoms with Gasteiger partial charge in [0.2, 0.25) is 0 Å². The van der Waals surface area contributed by atoms with E-state index in [1.807, 2.05) is 0 Å². The van der Waals surface area contributed by atoms with Crippen LogP contribution >= 0.6 is 0 Å². The van der Waals surface area contributed by atoms with Crippen LogP contribution in [-0.2, 0) is 4.74 Å². The first-order chi connectivity index (χ1) is 6.57. The Morgan fingerprint density at radius 2 is 1.93 bits per heavy atom. The van der Waals surface area contributed by atoms with E-state index in [2.05, 4.69) is 25.8 Å². The molecule has 0 saturated carbocycles. The number of likely N-dealkylation sites (N-methyl/N-ethyl adjacent to an activating group) is 1. The van der Waals surface area contributed by atoms with E-state index in [9.17, 15) is 0 Å². The predicted octanol–water partition coefficient (Wildman–Crippen LogP) is 1.33. The molecule has 14 heavy (non-hydrogen) atoms. The van der Waals surface area contributed by atoms with E-state index in [0.29, 0.717) is 12.0 Å². The first-order valence-corrected chi connectivity index (χ1v) is 5.51. The lowest BCUT2D eigenvalue weighted by Crippen LogP contribution is -2.29. The molecule has 0 aromatic heterocycles. The first-order valence-electron chi connectivity index (χ1n) is 5.51. The lowest BCUT2D eigenvalue weighted by atomic mass is 10.0. The second kappa shape index (κ2) is 8.21. The average molecular weight is 202 g/mol. The highest BCUT2D eigenvalue weighted by Gasteiger charge is 2.07. The molecule has 0 aliphatic rings. The van der Waals surface area contributed by atoms with Crippen LogP contribution in [0.4, 0.5) is 0 Å². The SMILES string of the molecule is COCCN(C)CCCC(N)C(C)C. The van der Waals surface area contributed by atoms with E-state index in [4.69, 9.17) is 10.5 Å². The summed E-state index contributed by atoms with van der Waals surface area (Å²) in [6.07, 6.45) is 2.30. The lowest BCUT2D eigenvalue weighted by Gasteiger charge is -2.19. The van der Waals surface area contributed by atoms with Gasteiger partial charge in [-0.3, -0.25) is 0 Å². The Bertz CT molecular complexity index is 128. The molecule has 0 radical (unpaired) electrons. The first kappa shape index (κ1) is 13.9. The number of rotatable bonds is 8. The van der Waals surface area contributed by atoms with Crippen molar-refractivity contribution >= 4 is 0 Å². The predicted molar refractivity (Wildman–Crippen MR) is 61.4 cm³/mol. The third-order valence-electron chi connectivity index (χ3n) is 2.61. The minimum atomic E-state index is 0.353. The third-order valence-corrected chi connectivity index (χ3v) is 2.61. The highest BCUT2D eigenvalue weighted by Crippen LogP contribution is 2.05. The van der Waals surface area contributed by atoms with Crippen molar-refractivity contribution in [1.29, 1.82) is 0 Å². The summed E-state index contributed by atoms with van der Waals surface area (Å²) in [5, 5.41) is 0. The molecule has 0 amide bonds. The van der Waals surface area contributed by atoms with E-state index in [-0.39, 0.29) is 0 Å². The summed E-state index contributed by atoms with van der Waals surface area (Å²) in [7, 11) is 3.86. The van der Waals surface area contributed by atoms with Crippen molar-refractivity contribution < 1.29 is 4.74 Å². The average Bonchev–Trinajstić information content (AvgIpc) is 2.14. The van der Waals surface area contributed by atoms with Crippen LogP contribution in [0.15, 0.2) is 0 Å². The maximum absolute atomic E-state index is 5.96. The highest BCUT2D eigenvalue weighted by atomic mass is 16.5. The number of hydrogen-bond acceptors (Lipinski definition) is 3. The van der Waals surface area contributed by atoms with Gasteiger partial charge in [0.05, 0.1) is 6.61 Å². The molecule has 0 bridgehead atoms. The zero-order valence-corrected chi connectivity index (χ0v) is 10.1. The Morgan fingerprint density at radius 1 is 1.29 bits per heavy atom. The summed E-state index contributed by atoms with van der Waals surface area (Å²) in [6.45, 7) is 7.29. The normalized spacial score (nSPS) is 13.9. The maximum Gasteiger partial charge on any atom is 0.0589 e. The summed E-state index contributed by atoms with van der Waals surface area (Å²) < 4.78 is 5.01. The maximum atomic E-state index is 5.96. The zero-order chi connectivity index (χ0) is 11.0. The zero-order valence-electron chi connectivity index (χ0n) is 10.1. The Morgan fingerprint density at radius 3 is 2.43 bits per heavy atom. The van der Waals surface area contributed by atoms with Gasteiger partial charge in [0, 0.05) is 19.7 Å². The number of methoxy groups -OCH3 is 1. The fourth-order valence-electron chi connectivity index (χ4n) is 1.29. The van der Waals surface area contributed by atoms with E-state index in [1.54, 1.807) is 7.11 Å². The third kappa shape index (κ3) is 7.30. The number of ether oxygens (including phenoxy) is 1. The van der Waals surface area contributed by atoms with Crippen molar-refractivity contribution in [3.05, 3.63) is 0 Å². The van der Waals surface area contributed by atoms with Gasteiger partial charge >= 0.3 is 0 Å². The molecular formula is C11H26N2O. The van der Waals surface area contributed by atoms with Gasteiger partial charge in [0.15, 0.2) is 0 Å². The minimum absolute atomic E-state index is 0.353. The molecule has 0 fully saturated rings. The number of hydrogen-bond donors (Lipinski definition) is 1. The molecule has 86 valence electrons. The fraction of sp³-hybridized carbons (Fsp3) is 1.00. The molecule has 0 aromatic rings. The van der Waals surface area contributed by atoms with Crippen LogP contribution in [-0.4, -0.2) is 44.8 Å². The van der Waals surface area contributed by atoms with Crippen molar-refractivity contribution in [3.63, 3.8) is 0 Å². The van der Waals surface area contributed by atoms with Crippen molar-refractivity contribution in [1.82, 2.24) is 4.90 Å². The molecule has 1 atom stereocenters. The molecule has 1 unspecified atom stereocenters. The van der Waals surface area contributed by atoms with Crippen LogP contribution in [0.2, 0.25) is 0 Å².